The molecule has 0 aliphatic rings. The van der Waals surface area contributed by atoms with Crippen LogP contribution in [0.3, 0.4) is 0 Å². The molecule has 2 aromatic rings. The van der Waals surface area contributed by atoms with E-state index in [2.05, 4.69) is 9.71 Å². The summed E-state index contributed by atoms with van der Waals surface area (Å²) in [6, 6.07) is 11.0. The van der Waals surface area contributed by atoms with Gasteiger partial charge in [0, 0.05) is 6.20 Å². The molecule has 0 spiro atoms. The van der Waals surface area contributed by atoms with Crippen LogP contribution in [0, 0.1) is 11.3 Å². The lowest BCUT2D eigenvalue weighted by Crippen LogP contribution is -2.16. The van der Waals surface area contributed by atoms with Gasteiger partial charge in [-0.15, -0.1) is 0 Å². The van der Waals surface area contributed by atoms with Crippen LogP contribution < -0.4 is 4.72 Å². The highest BCUT2D eigenvalue weighted by Gasteiger charge is 2.14. The van der Waals surface area contributed by atoms with Crippen LogP contribution in [0.15, 0.2) is 42.6 Å². The molecule has 20 heavy (non-hydrogen) atoms. The van der Waals surface area contributed by atoms with E-state index in [1.54, 1.807) is 24.3 Å². The monoisotopic (exact) mass is 289 g/mol. The van der Waals surface area contributed by atoms with Gasteiger partial charge in [-0.2, -0.15) is 5.26 Å². The molecule has 7 heteroatoms. The number of anilines is 1. The molecule has 2 N–H and O–H groups in total. The third-order valence-corrected chi connectivity index (χ3v) is 3.70. The number of nitrogens with one attached hydrogen (secondary N) is 1. The molecule has 6 nitrogen and oxygen atoms in total. The minimum atomic E-state index is -3.69. The summed E-state index contributed by atoms with van der Waals surface area (Å²) in [7, 11) is -3.69. The Morgan fingerprint density at radius 3 is 2.55 bits per heavy atom. The lowest BCUT2D eigenvalue weighted by molar-refractivity contribution is 0.475. The summed E-state index contributed by atoms with van der Waals surface area (Å²) in [6.07, 6.45) is 1.37. The van der Waals surface area contributed by atoms with Gasteiger partial charge in [0.15, 0.2) is 11.6 Å². The summed E-state index contributed by atoms with van der Waals surface area (Å²) in [5.74, 6) is -0.619. The average Bonchev–Trinajstić information content (AvgIpc) is 2.41. The zero-order valence-corrected chi connectivity index (χ0v) is 11.1. The Bertz CT molecular complexity index is 749. The largest absolute Gasteiger partial charge is 0.504 e. The van der Waals surface area contributed by atoms with Gasteiger partial charge in [0.2, 0.25) is 10.0 Å². The fraction of sp³-hybridized carbons (Fsp3) is 0.0769. The maximum atomic E-state index is 11.9. The second-order valence-corrected chi connectivity index (χ2v) is 5.76. The van der Waals surface area contributed by atoms with Crippen LogP contribution in [0.2, 0.25) is 0 Å². The Labute approximate surface area is 116 Å². The number of aromatic hydroxyl groups is 1. The van der Waals surface area contributed by atoms with E-state index in [0.717, 1.165) is 0 Å². The van der Waals surface area contributed by atoms with Crippen LogP contribution in [0.1, 0.15) is 11.1 Å². The molecule has 0 amide bonds. The zero-order chi connectivity index (χ0) is 14.6. The quantitative estimate of drug-likeness (QED) is 0.889. The average molecular weight is 289 g/mol. The normalized spacial score (nSPS) is 10.8. The number of hydrogen-bond acceptors (Lipinski definition) is 5. The van der Waals surface area contributed by atoms with Gasteiger partial charge in [-0.3, -0.25) is 4.72 Å². The molecule has 1 aromatic carbocycles. The van der Waals surface area contributed by atoms with Crippen LogP contribution in [0.5, 0.6) is 5.75 Å². The molecular formula is C13H11N3O3S. The maximum absolute atomic E-state index is 11.9. The number of sulfonamides is 1. The Morgan fingerprint density at radius 2 is 1.95 bits per heavy atom. The number of benzene rings is 1. The van der Waals surface area contributed by atoms with Crippen molar-refractivity contribution in [2.75, 3.05) is 4.72 Å². The summed E-state index contributed by atoms with van der Waals surface area (Å²) >= 11 is 0. The van der Waals surface area contributed by atoms with E-state index < -0.39 is 10.0 Å². The summed E-state index contributed by atoms with van der Waals surface area (Å²) < 4.78 is 26.1. The third-order valence-electron chi connectivity index (χ3n) is 2.48. The summed E-state index contributed by atoms with van der Waals surface area (Å²) in [5, 5.41) is 18.2. The van der Waals surface area contributed by atoms with Crippen molar-refractivity contribution in [1.29, 1.82) is 5.26 Å². The minimum absolute atomic E-state index is 0.110. The van der Waals surface area contributed by atoms with Crippen molar-refractivity contribution < 1.29 is 13.5 Å². The smallest absolute Gasteiger partial charge is 0.238 e. The number of rotatable bonds is 4. The molecule has 0 radical (unpaired) electrons. The first-order chi connectivity index (χ1) is 9.50. The number of pyridine rings is 1. The summed E-state index contributed by atoms with van der Waals surface area (Å²) in [5.41, 5.74) is 0.994. The molecule has 0 unspecified atom stereocenters. The zero-order valence-electron chi connectivity index (χ0n) is 10.3. The van der Waals surface area contributed by atoms with Crippen molar-refractivity contribution in [2.45, 2.75) is 5.75 Å². The van der Waals surface area contributed by atoms with Crippen molar-refractivity contribution >= 4 is 15.8 Å². The number of aromatic nitrogens is 1. The molecule has 2 rings (SSSR count). The fourth-order valence-corrected chi connectivity index (χ4v) is 2.71. The Kier molecular flexibility index (Phi) is 3.86. The van der Waals surface area contributed by atoms with Crippen molar-refractivity contribution in [1.82, 2.24) is 4.98 Å². The number of nitrogens with zero attached hydrogens (tertiary/aromatic N) is 2. The molecule has 102 valence electrons. The second kappa shape index (κ2) is 5.59. The lowest BCUT2D eigenvalue weighted by atomic mass is 10.2. The summed E-state index contributed by atoms with van der Waals surface area (Å²) in [4.78, 5) is 3.75. The minimum Gasteiger partial charge on any atom is -0.504 e. The van der Waals surface area contributed by atoms with E-state index in [9.17, 15) is 13.5 Å². The highest BCUT2D eigenvalue weighted by molar-refractivity contribution is 7.91. The van der Waals surface area contributed by atoms with Crippen LogP contribution in [-0.4, -0.2) is 18.5 Å². The number of nitriles is 1. The van der Waals surface area contributed by atoms with Gasteiger partial charge < -0.3 is 5.11 Å². The second-order valence-electron chi connectivity index (χ2n) is 4.04. The summed E-state index contributed by atoms with van der Waals surface area (Å²) in [6.45, 7) is 0. The fourth-order valence-electron chi connectivity index (χ4n) is 1.55. The van der Waals surface area contributed by atoms with Gasteiger partial charge in [0.25, 0.3) is 0 Å². The first-order valence-corrected chi connectivity index (χ1v) is 7.29. The molecule has 0 bridgehead atoms. The lowest BCUT2D eigenvalue weighted by Gasteiger charge is -2.08. The van der Waals surface area contributed by atoms with Crippen LogP contribution in [-0.2, 0) is 15.8 Å². The molecular weight excluding hydrogens is 278 g/mol. The third kappa shape index (κ3) is 3.46. The molecule has 1 aromatic heterocycles. The van der Waals surface area contributed by atoms with E-state index in [1.807, 2.05) is 6.07 Å². The highest BCUT2D eigenvalue weighted by atomic mass is 32.2. The standard InChI is InChI=1S/C13H11N3O3S/c14-8-10-3-5-11(6-4-10)9-20(18,19)16-13-12(17)2-1-7-15-13/h1-7,17H,9H2,(H,15,16). The maximum Gasteiger partial charge on any atom is 0.238 e. The first-order valence-electron chi connectivity index (χ1n) is 5.64. The van der Waals surface area contributed by atoms with Crippen molar-refractivity contribution in [3.05, 3.63) is 53.7 Å². The van der Waals surface area contributed by atoms with E-state index in [0.29, 0.717) is 11.1 Å². The van der Waals surface area contributed by atoms with Gasteiger partial charge in [-0.25, -0.2) is 13.4 Å². The molecule has 0 saturated heterocycles. The van der Waals surface area contributed by atoms with E-state index in [1.165, 1.54) is 18.3 Å². The molecule has 0 saturated carbocycles. The topological polar surface area (TPSA) is 103 Å². The molecule has 0 aliphatic carbocycles. The van der Waals surface area contributed by atoms with Gasteiger partial charge in [0.1, 0.15) is 0 Å². The highest BCUT2D eigenvalue weighted by Crippen LogP contribution is 2.20. The van der Waals surface area contributed by atoms with Crippen LogP contribution in [0.25, 0.3) is 0 Å². The molecule has 0 fully saturated rings. The Hall–Kier alpha value is -2.59. The predicted octanol–water partition coefficient (Wildman–Crippen LogP) is 1.60. The first kappa shape index (κ1) is 13.8. The van der Waals surface area contributed by atoms with Crippen LogP contribution >= 0.6 is 0 Å². The molecule has 0 atom stereocenters. The van der Waals surface area contributed by atoms with Gasteiger partial charge in [-0.05, 0) is 29.8 Å². The van der Waals surface area contributed by atoms with Crippen molar-refractivity contribution in [2.24, 2.45) is 0 Å². The van der Waals surface area contributed by atoms with Crippen LogP contribution in [0.4, 0.5) is 5.82 Å². The van der Waals surface area contributed by atoms with E-state index in [4.69, 9.17) is 5.26 Å². The molecule has 0 aliphatic heterocycles. The van der Waals surface area contributed by atoms with E-state index in [-0.39, 0.29) is 17.3 Å². The van der Waals surface area contributed by atoms with Gasteiger partial charge in [-0.1, -0.05) is 12.1 Å². The predicted molar refractivity (Wildman–Crippen MR) is 73.3 cm³/mol. The Balaban J connectivity index is 2.15. The van der Waals surface area contributed by atoms with Gasteiger partial charge >= 0.3 is 0 Å². The molecule has 1 heterocycles. The number of hydrogen-bond donors (Lipinski definition) is 2. The van der Waals surface area contributed by atoms with Crippen molar-refractivity contribution in [3.63, 3.8) is 0 Å². The van der Waals surface area contributed by atoms with Crippen molar-refractivity contribution in [3.8, 4) is 11.8 Å². The van der Waals surface area contributed by atoms with Gasteiger partial charge in [0.05, 0.1) is 17.4 Å². The Morgan fingerprint density at radius 1 is 1.25 bits per heavy atom. The SMILES string of the molecule is N#Cc1ccc(CS(=O)(=O)Nc2ncccc2O)cc1. The van der Waals surface area contributed by atoms with E-state index >= 15 is 0 Å².